The number of aromatic nitrogens is 3. The highest BCUT2D eigenvalue weighted by molar-refractivity contribution is 7.20. The smallest absolute Gasteiger partial charge is 0.273 e. The fraction of sp³-hybridized carbons (Fsp3) is 0.522. The molecule has 1 fully saturated rings. The molecule has 164 valence electrons. The largest absolute Gasteiger partial charge is 0.381 e. The van der Waals surface area contributed by atoms with Gasteiger partial charge < -0.3 is 14.2 Å². The molecule has 5 heterocycles. The molecule has 2 aliphatic heterocycles. The summed E-state index contributed by atoms with van der Waals surface area (Å²) < 4.78 is 8.01. The molecule has 2 aliphatic rings. The third kappa shape index (κ3) is 4.21. The maximum Gasteiger partial charge on any atom is 0.273 e. The lowest BCUT2D eigenvalue weighted by Crippen LogP contribution is -2.39. The Hall–Kier alpha value is -2.03. The first-order valence-corrected chi connectivity index (χ1v) is 12.8. The molecule has 0 bridgehead atoms. The summed E-state index contributed by atoms with van der Waals surface area (Å²) in [6, 6.07) is 4.06. The summed E-state index contributed by atoms with van der Waals surface area (Å²) in [5.41, 5.74) is 2.91. The van der Waals surface area contributed by atoms with E-state index in [4.69, 9.17) is 9.72 Å². The van der Waals surface area contributed by atoms with Crippen LogP contribution >= 0.6 is 22.7 Å². The minimum atomic E-state index is 0.0204. The first-order chi connectivity index (χ1) is 15.1. The molecular weight excluding hydrogens is 428 g/mol. The summed E-state index contributed by atoms with van der Waals surface area (Å²) in [6.45, 7) is 8.16. The van der Waals surface area contributed by atoms with Crippen LogP contribution in [-0.4, -0.2) is 45.1 Å². The number of carbonyl (C=O) groups excluding carboxylic acids is 1. The van der Waals surface area contributed by atoms with Crippen molar-refractivity contribution in [1.29, 1.82) is 0 Å². The van der Waals surface area contributed by atoms with Gasteiger partial charge in [0.2, 0.25) is 0 Å². The monoisotopic (exact) mass is 456 g/mol. The highest BCUT2D eigenvalue weighted by Gasteiger charge is 2.32. The summed E-state index contributed by atoms with van der Waals surface area (Å²) in [6.07, 6.45) is 3.10. The Morgan fingerprint density at radius 1 is 1.29 bits per heavy atom. The third-order valence-electron chi connectivity index (χ3n) is 6.11. The van der Waals surface area contributed by atoms with Crippen LogP contribution in [0.3, 0.4) is 0 Å². The number of thiazole rings is 1. The molecule has 0 aromatic carbocycles. The van der Waals surface area contributed by atoms with E-state index in [2.05, 4.69) is 23.4 Å². The quantitative estimate of drug-likeness (QED) is 0.534. The van der Waals surface area contributed by atoms with Crippen molar-refractivity contribution in [3.8, 4) is 9.88 Å². The highest BCUT2D eigenvalue weighted by Crippen LogP contribution is 2.32. The van der Waals surface area contributed by atoms with Crippen LogP contribution < -0.4 is 0 Å². The van der Waals surface area contributed by atoms with Crippen LogP contribution in [0.15, 0.2) is 22.9 Å². The number of imidazole rings is 1. The molecule has 3 aromatic rings. The zero-order valence-corrected chi connectivity index (χ0v) is 19.7. The van der Waals surface area contributed by atoms with E-state index in [9.17, 15) is 4.79 Å². The van der Waals surface area contributed by atoms with Crippen molar-refractivity contribution >= 4 is 28.6 Å². The zero-order valence-electron chi connectivity index (χ0n) is 18.0. The van der Waals surface area contributed by atoms with Gasteiger partial charge in [0.15, 0.2) is 0 Å². The predicted molar refractivity (Wildman–Crippen MR) is 124 cm³/mol. The molecule has 1 amide bonds. The minimum Gasteiger partial charge on any atom is -0.381 e. The fourth-order valence-corrected chi connectivity index (χ4v) is 5.97. The second-order valence-corrected chi connectivity index (χ2v) is 10.6. The number of nitrogens with zero attached hydrogens (tertiary/aromatic N) is 4. The number of amides is 1. The van der Waals surface area contributed by atoms with Crippen molar-refractivity contribution in [3.05, 3.63) is 45.8 Å². The Bertz CT molecular complexity index is 1050. The van der Waals surface area contributed by atoms with Gasteiger partial charge >= 0.3 is 0 Å². The van der Waals surface area contributed by atoms with Gasteiger partial charge in [0.25, 0.3) is 5.91 Å². The number of thiophene rings is 1. The number of carbonyl (C=O) groups is 1. The highest BCUT2D eigenvalue weighted by atomic mass is 32.1. The van der Waals surface area contributed by atoms with E-state index in [-0.39, 0.29) is 5.91 Å². The lowest BCUT2D eigenvalue weighted by Gasteiger charge is -2.29. The Kier molecular flexibility index (Phi) is 5.95. The Morgan fingerprint density at radius 3 is 2.94 bits per heavy atom. The summed E-state index contributed by atoms with van der Waals surface area (Å²) in [7, 11) is 0. The third-order valence-corrected chi connectivity index (χ3v) is 8.00. The first-order valence-electron chi connectivity index (χ1n) is 11.0. The van der Waals surface area contributed by atoms with Crippen LogP contribution in [0.1, 0.15) is 60.3 Å². The SMILES string of the molecule is CC(C)CCc1nc(C2CCOC2)n2c1CN(C(=O)c1csc(-c3cccs3)n1)CC2. The van der Waals surface area contributed by atoms with Gasteiger partial charge in [0.05, 0.1) is 29.4 Å². The Morgan fingerprint density at radius 2 is 2.19 bits per heavy atom. The van der Waals surface area contributed by atoms with E-state index in [1.165, 1.54) is 5.69 Å². The van der Waals surface area contributed by atoms with Gasteiger partial charge in [-0.25, -0.2) is 9.97 Å². The molecule has 3 aromatic heterocycles. The van der Waals surface area contributed by atoms with E-state index in [0.29, 0.717) is 30.6 Å². The van der Waals surface area contributed by atoms with Crippen LogP contribution in [0.5, 0.6) is 0 Å². The van der Waals surface area contributed by atoms with E-state index >= 15 is 0 Å². The lowest BCUT2D eigenvalue weighted by molar-refractivity contribution is 0.0703. The number of rotatable bonds is 6. The summed E-state index contributed by atoms with van der Waals surface area (Å²) in [4.78, 5) is 26.0. The Labute approximate surface area is 190 Å². The van der Waals surface area contributed by atoms with Crippen LogP contribution in [0.4, 0.5) is 0 Å². The van der Waals surface area contributed by atoms with Crippen molar-refractivity contribution in [2.45, 2.75) is 52.1 Å². The number of hydrogen-bond donors (Lipinski definition) is 0. The van der Waals surface area contributed by atoms with Crippen molar-refractivity contribution in [3.63, 3.8) is 0 Å². The molecule has 1 saturated heterocycles. The maximum atomic E-state index is 13.3. The van der Waals surface area contributed by atoms with Gasteiger partial charge in [-0.2, -0.15) is 0 Å². The average Bonchev–Trinajstić information content (AvgIpc) is 3.56. The summed E-state index contributed by atoms with van der Waals surface area (Å²) >= 11 is 3.19. The van der Waals surface area contributed by atoms with Gasteiger partial charge in [0, 0.05) is 31.0 Å². The van der Waals surface area contributed by atoms with Crippen LogP contribution in [0, 0.1) is 5.92 Å². The molecule has 8 heteroatoms. The molecule has 5 rings (SSSR count). The molecule has 0 N–H and O–H groups in total. The van der Waals surface area contributed by atoms with Gasteiger partial charge in [-0.1, -0.05) is 19.9 Å². The molecule has 1 atom stereocenters. The molecule has 0 saturated carbocycles. The van der Waals surface area contributed by atoms with Crippen molar-refractivity contribution in [1.82, 2.24) is 19.4 Å². The van der Waals surface area contributed by atoms with Crippen LogP contribution in [0.25, 0.3) is 9.88 Å². The number of fused-ring (bicyclic) bond motifs is 1. The zero-order chi connectivity index (χ0) is 21.4. The minimum absolute atomic E-state index is 0.0204. The molecular formula is C23H28N4O2S2. The second-order valence-electron chi connectivity index (χ2n) is 8.75. The molecule has 1 unspecified atom stereocenters. The van der Waals surface area contributed by atoms with E-state index in [0.717, 1.165) is 60.4 Å². The van der Waals surface area contributed by atoms with Gasteiger partial charge in [-0.3, -0.25) is 4.79 Å². The summed E-state index contributed by atoms with van der Waals surface area (Å²) in [5.74, 6) is 2.18. The molecule has 0 aliphatic carbocycles. The fourth-order valence-electron chi connectivity index (χ4n) is 4.36. The lowest BCUT2D eigenvalue weighted by atomic mass is 10.0. The van der Waals surface area contributed by atoms with Crippen LogP contribution in [0.2, 0.25) is 0 Å². The molecule has 6 nitrogen and oxygen atoms in total. The van der Waals surface area contributed by atoms with Crippen LogP contribution in [-0.2, 0) is 24.2 Å². The number of aryl methyl sites for hydroxylation is 1. The van der Waals surface area contributed by atoms with Crippen molar-refractivity contribution in [2.75, 3.05) is 19.8 Å². The molecule has 31 heavy (non-hydrogen) atoms. The first kappa shape index (κ1) is 20.8. The molecule has 0 radical (unpaired) electrons. The van der Waals surface area contributed by atoms with Gasteiger partial charge in [0.1, 0.15) is 16.5 Å². The standard InChI is InChI=1S/C23H28N4O2S2/c1-15(2)5-6-17-19-12-26(8-9-27(19)21(24-17)16-7-10-29-13-16)23(28)18-14-31-22(25-18)20-4-3-11-30-20/h3-4,11,14-16H,5-10,12-13H2,1-2H3. The van der Waals surface area contributed by atoms with Crippen molar-refractivity contribution < 1.29 is 9.53 Å². The summed E-state index contributed by atoms with van der Waals surface area (Å²) in [5, 5.41) is 4.85. The average molecular weight is 457 g/mol. The van der Waals surface area contributed by atoms with Gasteiger partial charge in [-0.15, -0.1) is 22.7 Å². The Balaban J connectivity index is 1.39. The van der Waals surface area contributed by atoms with Crippen molar-refractivity contribution in [2.24, 2.45) is 5.92 Å². The second kappa shape index (κ2) is 8.84. The normalized spacial score (nSPS) is 18.7. The topological polar surface area (TPSA) is 60.2 Å². The predicted octanol–water partition coefficient (Wildman–Crippen LogP) is 4.82. The van der Waals surface area contributed by atoms with E-state index in [1.54, 1.807) is 22.7 Å². The number of ether oxygens (including phenoxy) is 1. The number of hydrogen-bond acceptors (Lipinski definition) is 6. The van der Waals surface area contributed by atoms with E-state index < -0.39 is 0 Å². The van der Waals surface area contributed by atoms with Gasteiger partial charge in [-0.05, 0) is 36.6 Å². The maximum absolute atomic E-state index is 13.3. The van der Waals surface area contributed by atoms with E-state index in [1.807, 2.05) is 27.8 Å². The molecule has 0 spiro atoms.